The molecule has 0 radical (unpaired) electrons. The van der Waals surface area contributed by atoms with Crippen molar-refractivity contribution < 1.29 is 28.2 Å². The molecule has 1 atom stereocenters. The number of cyclic esters (lactones) is 1. The van der Waals surface area contributed by atoms with E-state index in [1.54, 1.807) is 0 Å². The maximum absolute atomic E-state index is 13.1. The number of hydrogen-bond acceptors (Lipinski definition) is 3. The average Bonchev–Trinajstić information content (AvgIpc) is 2.70. The molecule has 5 nitrogen and oxygen atoms in total. The van der Waals surface area contributed by atoms with Crippen LogP contribution in [0, 0.1) is 11.6 Å². The Morgan fingerprint density at radius 1 is 1.39 bits per heavy atom. The monoisotopic (exact) mass is 257 g/mol. The van der Waals surface area contributed by atoms with Gasteiger partial charge < -0.3 is 9.84 Å². The van der Waals surface area contributed by atoms with Crippen molar-refractivity contribution in [3.05, 3.63) is 35.4 Å². The number of aliphatic carboxylic acids is 1. The first-order chi connectivity index (χ1) is 8.50. The van der Waals surface area contributed by atoms with E-state index in [1.165, 1.54) is 0 Å². The van der Waals surface area contributed by atoms with E-state index in [2.05, 4.69) is 4.74 Å². The quantitative estimate of drug-likeness (QED) is 0.891. The minimum absolute atomic E-state index is 0.0137. The number of amides is 1. The summed E-state index contributed by atoms with van der Waals surface area (Å²) in [6.45, 7) is 0.168. The first-order valence-electron chi connectivity index (χ1n) is 5.12. The van der Waals surface area contributed by atoms with Crippen LogP contribution in [0.1, 0.15) is 11.6 Å². The third-order valence-electron chi connectivity index (χ3n) is 2.60. The van der Waals surface area contributed by atoms with Crippen LogP contribution in [0.5, 0.6) is 0 Å². The Hall–Kier alpha value is -2.18. The summed E-state index contributed by atoms with van der Waals surface area (Å²) in [6, 6.07) is 1.33. The largest absolute Gasteiger partial charge is 0.479 e. The van der Waals surface area contributed by atoms with Crippen molar-refractivity contribution in [2.75, 3.05) is 13.2 Å². The van der Waals surface area contributed by atoms with Gasteiger partial charge in [0, 0.05) is 0 Å². The van der Waals surface area contributed by atoms with Crippen molar-refractivity contribution in [2.24, 2.45) is 0 Å². The SMILES string of the molecule is O=C(O)C(c1ccc(F)c(F)c1)N1CCOC1=O. The molecule has 1 aromatic carbocycles. The maximum Gasteiger partial charge on any atom is 0.410 e. The van der Waals surface area contributed by atoms with Crippen LogP contribution in [0.3, 0.4) is 0 Å². The summed E-state index contributed by atoms with van der Waals surface area (Å²) in [5.74, 6) is -3.57. The average molecular weight is 257 g/mol. The number of carboxylic acid groups (broad SMARTS) is 1. The topological polar surface area (TPSA) is 66.8 Å². The van der Waals surface area contributed by atoms with Gasteiger partial charge in [-0.1, -0.05) is 6.07 Å². The summed E-state index contributed by atoms with van der Waals surface area (Å²) in [7, 11) is 0. The first-order valence-corrected chi connectivity index (χ1v) is 5.12. The summed E-state index contributed by atoms with van der Waals surface area (Å²) >= 11 is 0. The fraction of sp³-hybridized carbons (Fsp3) is 0.273. The van der Waals surface area contributed by atoms with Crippen molar-refractivity contribution in [1.82, 2.24) is 4.90 Å². The minimum atomic E-state index is -1.38. The van der Waals surface area contributed by atoms with E-state index < -0.39 is 29.7 Å². The number of nitrogens with zero attached hydrogens (tertiary/aromatic N) is 1. The van der Waals surface area contributed by atoms with Crippen LogP contribution in [-0.4, -0.2) is 35.2 Å². The molecule has 1 N–H and O–H groups in total. The first kappa shape index (κ1) is 12.3. The number of carbonyl (C=O) groups excluding carboxylic acids is 1. The predicted octanol–water partition coefficient (Wildman–Crippen LogP) is 1.54. The van der Waals surface area contributed by atoms with Gasteiger partial charge in [-0.05, 0) is 17.7 Å². The highest BCUT2D eigenvalue weighted by atomic mass is 19.2. The zero-order valence-electron chi connectivity index (χ0n) is 9.10. The number of hydrogen-bond donors (Lipinski definition) is 1. The lowest BCUT2D eigenvalue weighted by Crippen LogP contribution is -2.34. The molecule has 18 heavy (non-hydrogen) atoms. The molecular formula is C11H9F2NO4. The van der Waals surface area contributed by atoms with Crippen molar-refractivity contribution in [1.29, 1.82) is 0 Å². The molecule has 0 spiro atoms. The van der Waals surface area contributed by atoms with Crippen molar-refractivity contribution >= 4 is 12.1 Å². The third kappa shape index (κ3) is 2.11. The molecule has 2 rings (SSSR count). The molecule has 1 aliphatic rings. The second-order valence-electron chi connectivity index (χ2n) is 3.72. The van der Waals surface area contributed by atoms with E-state index >= 15 is 0 Å². The van der Waals surface area contributed by atoms with Crippen molar-refractivity contribution in [3.63, 3.8) is 0 Å². The molecular weight excluding hydrogens is 248 g/mol. The van der Waals surface area contributed by atoms with Gasteiger partial charge in [0.2, 0.25) is 0 Å². The lowest BCUT2D eigenvalue weighted by molar-refractivity contribution is -0.142. The van der Waals surface area contributed by atoms with Crippen LogP contribution < -0.4 is 0 Å². The highest BCUT2D eigenvalue weighted by Gasteiger charge is 2.35. The Kier molecular flexibility index (Phi) is 3.14. The number of carbonyl (C=O) groups is 2. The highest BCUT2D eigenvalue weighted by Crippen LogP contribution is 2.25. The highest BCUT2D eigenvalue weighted by molar-refractivity contribution is 5.82. The third-order valence-corrected chi connectivity index (χ3v) is 2.60. The maximum atomic E-state index is 13.1. The van der Waals surface area contributed by atoms with Gasteiger partial charge in [0.05, 0.1) is 6.54 Å². The second kappa shape index (κ2) is 4.59. The van der Waals surface area contributed by atoms with Crippen molar-refractivity contribution in [3.8, 4) is 0 Å². The van der Waals surface area contributed by atoms with E-state index in [4.69, 9.17) is 5.11 Å². The number of carboxylic acids is 1. The van der Waals surface area contributed by atoms with Gasteiger partial charge in [-0.3, -0.25) is 4.90 Å². The zero-order valence-corrected chi connectivity index (χ0v) is 9.10. The van der Waals surface area contributed by atoms with Crippen LogP contribution in [0.2, 0.25) is 0 Å². The Morgan fingerprint density at radius 3 is 2.61 bits per heavy atom. The van der Waals surface area contributed by atoms with Crippen LogP contribution >= 0.6 is 0 Å². The molecule has 0 saturated carbocycles. The molecule has 1 unspecified atom stereocenters. The van der Waals surface area contributed by atoms with Gasteiger partial charge in [-0.15, -0.1) is 0 Å². The van der Waals surface area contributed by atoms with Gasteiger partial charge in [0.25, 0.3) is 0 Å². The Bertz CT molecular complexity index is 506. The number of ether oxygens (including phenoxy) is 1. The van der Waals surface area contributed by atoms with E-state index in [0.717, 1.165) is 23.1 Å². The van der Waals surface area contributed by atoms with E-state index in [0.29, 0.717) is 0 Å². The molecule has 1 heterocycles. The summed E-state index contributed by atoms with van der Waals surface area (Å²) in [5, 5.41) is 9.10. The van der Waals surface area contributed by atoms with Crippen molar-refractivity contribution in [2.45, 2.75) is 6.04 Å². The fourth-order valence-electron chi connectivity index (χ4n) is 1.78. The second-order valence-corrected chi connectivity index (χ2v) is 3.72. The number of halogens is 2. The van der Waals surface area contributed by atoms with Gasteiger partial charge in [-0.25, -0.2) is 18.4 Å². The molecule has 96 valence electrons. The number of rotatable bonds is 3. The normalized spacial score (nSPS) is 16.6. The van der Waals surface area contributed by atoms with Gasteiger partial charge >= 0.3 is 12.1 Å². The Labute approximate surface area is 101 Å². The lowest BCUT2D eigenvalue weighted by Gasteiger charge is -2.22. The minimum Gasteiger partial charge on any atom is -0.479 e. The van der Waals surface area contributed by atoms with Crippen LogP contribution in [0.4, 0.5) is 13.6 Å². The molecule has 1 amide bonds. The molecule has 0 bridgehead atoms. The molecule has 1 aromatic rings. The Balaban J connectivity index is 2.38. The summed E-state index contributed by atoms with van der Waals surface area (Å²) in [4.78, 5) is 23.4. The smallest absolute Gasteiger partial charge is 0.410 e. The number of benzene rings is 1. The Morgan fingerprint density at radius 2 is 2.11 bits per heavy atom. The van der Waals surface area contributed by atoms with E-state index in [-0.39, 0.29) is 18.7 Å². The molecule has 0 aromatic heterocycles. The molecule has 1 aliphatic heterocycles. The molecule has 0 aliphatic carbocycles. The summed E-state index contributed by atoms with van der Waals surface area (Å²) < 4.78 is 30.5. The summed E-state index contributed by atoms with van der Waals surface area (Å²) in [5.41, 5.74) is -0.0137. The van der Waals surface area contributed by atoms with Crippen LogP contribution in [0.15, 0.2) is 18.2 Å². The lowest BCUT2D eigenvalue weighted by atomic mass is 10.1. The molecule has 1 saturated heterocycles. The van der Waals surface area contributed by atoms with E-state index in [1.807, 2.05) is 0 Å². The van der Waals surface area contributed by atoms with Gasteiger partial charge in [-0.2, -0.15) is 0 Å². The fourth-order valence-corrected chi connectivity index (χ4v) is 1.78. The van der Waals surface area contributed by atoms with Gasteiger partial charge in [0.1, 0.15) is 6.61 Å². The zero-order chi connectivity index (χ0) is 13.3. The van der Waals surface area contributed by atoms with Crippen LogP contribution in [-0.2, 0) is 9.53 Å². The standard InChI is InChI=1S/C11H9F2NO4/c12-7-2-1-6(5-8(7)13)9(10(15)16)14-3-4-18-11(14)17/h1-2,5,9H,3-4H2,(H,15,16). The summed E-state index contributed by atoms with van der Waals surface area (Å²) in [6.07, 6.45) is -0.785. The van der Waals surface area contributed by atoms with E-state index in [9.17, 15) is 18.4 Å². The molecule has 1 fully saturated rings. The van der Waals surface area contributed by atoms with Crippen LogP contribution in [0.25, 0.3) is 0 Å². The predicted molar refractivity (Wildman–Crippen MR) is 54.8 cm³/mol. The van der Waals surface area contributed by atoms with Gasteiger partial charge in [0.15, 0.2) is 17.7 Å². The molecule has 7 heteroatoms.